The number of hydrogen-bond acceptors (Lipinski definition) is 4. The molecule has 6 heteroatoms. The van der Waals surface area contributed by atoms with E-state index in [1.54, 1.807) is 4.68 Å². The summed E-state index contributed by atoms with van der Waals surface area (Å²) in [5.74, 6) is -0.122. The molecule has 0 aliphatic heterocycles. The van der Waals surface area contributed by atoms with E-state index in [0.29, 0.717) is 12.1 Å². The fourth-order valence-electron chi connectivity index (χ4n) is 1.95. The van der Waals surface area contributed by atoms with Gasteiger partial charge in [0.15, 0.2) is 0 Å². The highest BCUT2D eigenvalue weighted by Crippen LogP contribution is 2.16. The molecule has 0 aliphatic carbocycles. The lowest BCUT2D eigenvalue weighted by molar-refractivity contribution is -0.123. The Balaban J connectivity index is 2.72. The number of rotatable bonds is 6. The SMILES string of the molecule is CCC(C)(CCO)NC(=O)Cn1nc(C)c(N)c1C. The zero-order valence-electron chi connectivity index (χ0n) is 12.2. The molecule has 1 heterocycles. The number of nitrogens with one attached hydrogen (secondary N) is 1. The van der Waals surface area contributed by atoms with Crippen LogP contribution in [0.5, 0.6) is 0 Å². The van der Waals surface area contributed by atoms with Crippen molar-refractivity contribution in [2.75, 3.05) is 12.3 Å². The molecule has 0 saturated heterocycles. The summed E-state index contributed by atoms with van der Waals surface area (Å²) in [6.07, 6.45) is 1.30. The van der Waals surface area contributed by atoms with E-state index in [0.717, 1.165) is 17.8 Å². The van der Waals surface area contributed by atoms with E-state index in [-0.39, 0.29) is 24.6 Å². The third-order valence-electron chi connectivity index (χ3n) is 3.62. The van der Waals surface area contributed by atoms with Crippen LogP contribution >= 0.6 is 0 Å². The van der Waals surface area contributed by atoms with Crippen molar-refractivity contribution in [3.63, 3.8) is 0 Å². The molecule has 1 amide bonds. The summed E-state index contributed by atoms with van der Waals surface area (Å²) in [6.45, 7) is 7.77. The molecule has 1 rings (SSSR count). The minimum atomic E-state index is -0.381. The van der Waals surface area contributed by atoms with Gasteiger partial charge in [0.25, 0.3) is 0 Å². The first-order valence-electron chi connectivity index (χ1n) is 6.54. The first-order valence-corrected chi connectivity index (χ1v) is 6.54. The molecule has 0 aromatic carbocycles. The minimum Gasteiger partial charge on any atom is -0.396 e. The van der Waals surface area contributed by atoms with E-state index >= 15 is 0 Å². The molecule has 19 heavy (non-hydrogen) atoms. The first kappa shape index (κ1) is 15.5. The topological polar surface area (TPSA) is 93.2 Å². The summed E-state index contributed by atoms with van der Waals surface area (Å²) in [4.78, 5) is 12.0. The van der Waals surface area contributed by atoms with Crippen molar-refractivity contribution >= 4 is 11.6 Å². The number of nitrogen functional groups attached to an aromatic ring is 1. The van der Waals surface area contributed by atoms with Gasteiger partial charge in [0.2, 0.25) is 5.91 Å². The molecule has 0 aliphatic rings. The van der Waals surface area contributed by atoms with Crippen molar-refractivity contribution in [3.05, 3.63) is 11.4 Å². The number of aliphatic hydroxyl groups excluding tert-OH is 1. The van der Waals surface area contributed by atoms with Crippen LogP contribution in [0.15, 0.2) is 0 Å². The minimum absolute atomic E-state index is 0.0530. The van der Waals surface area contributed by atoms with E-state index in [9.17, 15) is 4.79 Å². The number of aliphatic hydroxyl groups is 1. The maximum absolute atomic E-state index is 12.0. The molecule has 0 bridgehead atoms. The molecule has 1 unspecified atom stereocenters. The molecule has 0 radical (unpaired) electrons. The Bertz CT molecular complexity index is 456. The van der Waals surface area contributed by atoms with E-state index in [4.69, 9.17) is 10.8 Å². The molecule has 0 saturated carbocycles. The molecular weight excluding hydrogens is 244 g/mol. The lowest BCUT2D eigenvalue weighted by atomic mass is 9.95. The lowest BCUT2D eigenvalue weighted by Gasteiger charge is -2.29. The smallest absolute Gasteiger partial charge is 0.242 e. The van der Waals surface area contributed by atoms with Gasteiger partial charge in [-0.2, -0.15) is 5.10 Å². The highest BCUT2D eigenvalue weighted by Gasteiger charge is 2.24. The number of aromatic nitrogens is 2. The molecule has 4 N–H and O–H groups in total. The molecule has 6 nitrogen and oxygen atoms in total. The average Bonchev–Trinajstić information content (AvgIpc) is 2.57. The number of carbonyl (C=O) groups is 1. The maximum atomic E-state index is 12.0. The van der Waals surface area contributed by atoms with E-state index in [1.807, 2.05) is 27.7 Å². The largest absolute Gasteiger partial charge is 0.396 e. The third-order valence-corrected chi connectivity index (χ3v) is 3.62. The van der Waals surface area contributed by atoms with Gasteiger partial charge in [-0.1, -0.05) is 6.92 Å². The number of hydrogen-bond donors (Lipinski definition) is 3. The van der Waals surface area contributed by atoms with Crippen molar-refractivity contribution in [1.29, 1.82) is 0 Å². The van der Waals surface area contributed by atoms with Gasteiger partial charge in [-0.15, -0.1) is 0 Å². The molecular formula is C13H24N4O2. The fourth-order valence-corrected chi connectivity index (χ4v) is 1.95. The van der Waals surface area contributed by atoms with Gasteiger partial charge in [0.1, 0.15) is 6.54 Å². The Morgan fingerprint density at radius 2 is 2.16 bits per heavy atom. The van der Waals surface area contributed by atoms with Crippen LogP contribution in [0.3, 0.4) is 0 Å². The van der Waals surface area contributed by atoms with Crippen LogP contribution in [0.1, 0.15) is 38.1 Å². The summed E-state index contributed by atoms with van der Waals surface area (Å²) in [5, 5.41) is 16.2. The van der Waals surface area contributed by atoms with Crippen LogP contribution < -0.4 is 11.1 Å². The molecule has 1 aromatic rings. The second-order valence-electron chi connectivity index (χ2n) is 5.18. The predicted molar refractivity (Wildman–Crippen MR) is 74.7 cm³/mol. The first-order chi connectivity index (χ1) is 8.83. The zero-order valence-corrected chi connectivity index (χ0v) is 12.2. The molecule has 1 atom stereocenters. The highest BCUT2D eigenvalue weighted by molar-refractivity contribution is 5.76. The third kappa shape index (κ3) is 3.70. The monoisotopic (exact) mass is 268 g/mol. The van der Waals surface area contributed by atoms with Gasteiger partial charge in [0, 0.05) is 12.1 Å². The predicted octanol–water partition coefficient (Wildman–Crippen LogP) is 0.749. The lowest BCUT2D eigenvalue weighted by Crippen LogP contribution is -2.47. The number of aryl methyl sites for hydroxylation is 1. The number of nitrogens with zero attached hydrogens (tertiary/aromatic N) is 2. The Kier molecular flexibility index (Phi) is 4.94. The molecule has 108 valence electrons. The Labute approximate surface area is 114 Å². The van der Waals surface area contributed by atoms with Crippen LogP contribution in [0.2, 0.25) is 0 Å². The summed E-state index contributed by atoms with van der Waals surface area (Å²) in [6, 6.07) is 0. The molecule has 0 fully saturated rings. The number of anilines is 1. The second kappa shape index (κ2) is 6.06. The summed E-state index contributed by atoms with van der Waals surface area (Å²) in [7, 11) is 0. The van der Waals surface area contributed by atoms with Crippen LogP contribution in [0, 0.1) is 13.8 Å². The highest BCUT2D eigenvalue weighted by atomic mass is 16.3. The average molecular weight is 268 g/mol. The Morgan fingerprint density at radius 1 is 1.53 bits per heavy atom. The van der Waals surface area contributed by atoms with Gasteiger partial charge in [0.05, 0.1) is 17.1 Å². The number of nitrogens with two attached hydrogens (primary N) is 1. The zero-order chi connectivity index (χ0) is 14.6. The van der Waals surface area contributed by atoms with Gasteiger partial charge < -0.3 is 16.2 Å². The van der Waals surface area contributed by atoms with Crippen LogP contribution in [-0.4, -0.2) is 32.9 Å². The van der Waals surface area contributed by atoms with Crippen molar-refractivity contribution < 1.29 is 9.90 Å². The normalized spacial score (nSPS) is 14.2. The maximum Gasteiger partial charge on any atom is 0.242 e. The standard InChI is InChI=1S/C13H24N4O2/c1-5-13(4,6-7-18)15-11(19)8-17-10(3)12(14)9(2)16-17/h18H,5-8,14H2,1-4H3,(H,15,19). The Morgan fingerprint density at radius 3 is 2.58 bits per heavy atom. The summed E-state index contributed by atoms with van der Waals surface area (Å²) < 4.78 is 1.61. The van der Waals surface area contributed by atoms with Crippen LogP contribution in [-0.2, 0) is 11.3 Å². The number of carbonyl (C=O) groups excluding carboxylic acids is 1. The second-order valence-corrected chi connectivity index (χ2v) is 5.18. The van der Waals surface area contributed by atoms with Crippen molar-refractivity contribution in [2.45, 2.75) is 52.6 Å². The summed E-state index contributed by atoms with van der Waals surface area (Å²) in [5.41, 5.74) is 7.61. The fraction of sp³-hybridized carbons (Fsp3) is 0.692. The molecule has 0 spiro atoms. The molecule has 1 aromatic heterocycles. The van der Waals surface area contributed by atoms with Crippen molar-refractivity contribution in [3.8, 4) is 0 Å². The van der Waals surface area contributed by atoms with Crippen molar-refractivity contribution in [2.24, 2.45) is 0 Å². The van der Waals surface area contributed by atoms with Gasteiger partial charge in [-0.3, -0.25) is 9.48 Å². The van der Waals surface area contributed by atoms with E-state index < -0.39 is 0 Å². The number of amides is 1. The summed E-state index contributed by atoms with van der Waals surface area (Å²) >= 11 is 0. The van der Waals surface area contributed by atoms with Crippen molar-refractivity contribution in [1.82, 2.24) is 15.1 Å². The van der Waals surface area contributed by atoms with Crippen LogP contribution in [0.4, 0.5) is 5.69 Å². The van der Waals surface area contributed by atoms with Crippen LogP contribution in [0.25, 0.3) is 0 Å². The van der Waals surface area contributed by atoms with Gasteiger partial charge in [-0.25, -0.2) is 0 Å². The Hall–Kier alpha value is -1.56. The van der Waals surface area contributed by atoms with E-state index in [2.05, 4.69) is 10.4 Å². The van der Waals surface area contributed by atoms with Gasteiger partial charge in [-0.05, 0) is 33.6 Å². The quantitative estimate of drug-likeness (QED) is 0.709. The van der Waals surface area contributed by atoms with Gasteiger partial charge >= 0.3 is 0 Å². The van der Waals surface area contributed by atoms with E-state index in [1.165, 1.54) is 0 Å².